The van der Waals surface area contributed by atoms with Gasteiger partial charge in [-0.05, 0) is 6.07 Å². The SMILES string of the molecule is COc1cc(Oc2ccccc2CO)cc(OC)c1OC. The molecule has 2 aromatic carbocycles. The van der Waals surface area contributed by atoms with E-state index < -0.39 is 0 Å². The smallest absolute Gasteiger partial charge is 0.203 e. The number of ether oxygens (including phenoxy) is 4. The van der Waals surface area contributed by atoms with Crippen molar-refractivity contribution in [2.24, 2.45) is 0 Å². The quantitative estimate of drug-likeness (QED) is 0.886. The third-order valence-corrected chi connectivity index (χ3v) is 3.01. The van der Waals surface area contributed by atoms with Crippen molar-refractivity contribution < 1.29 is 24.1 Å². The van der Waals surface area contributed by atoms with Gasteiger partial charge in [-0.3, -0.25) is 0 Å². The molecule has 21 heavy (non-hydrogen) atoms. The maximum Gasteiger partial charge on any atom is 0.203 e. The number of aliphatic hydroxyl groups excluding tert-OH is 1. The summed E-state index contributed by atoms with van der Waals surface area (Å²) in [5.74, 6) is 2.63. The van der Waals surface area contributed by atoms with Crippen molar-refractivity contribution in [3.8, 4) is 28.7 Å². The third-order valence-electron chi connectivity index (χ3n) is 3.01. The van der Waals surface area contributed by atoms with E-state index in [4.69, 9.17) is 18.9 Å². The minimum Gasteiger partial charge on any atom is -0.493 e. The highest BCUT2D eigenvalue weighted by Crippen LogP contribution is 2.42. The second-order valence-corrected chi connectivity index (χ2v) is 4.23. The summed E-state index contributed by atoms with van der Waals surface area (Å²) in [6.45, 7) is -0.0966. The van der Waals surface area contributed by atoms with Gasteiger partial charge in [-0.15, -0.1) is 0 Å². The fourth-order valence-electron chi connectivity index (χ4n) is 1.98. The van der Waals surface area contributed by atoms with E-state index in [-0.39, 0.29) is 6.61 Å². The van der Waals surface area contributed by atoms with E-state index in [2.05, 4.69) is 0 Å². The summed E-state index contributed by atoms with van der Waals surface area (Å²) in [6.07, 6.45) is 0. The van der Waals surface area contributed by atoms with Crippen LogP contribution in [0, 0.1) is 0 Å². The Bertz CT molecular complexity index is 584. The Hall–Kier alpha value is -2.40. The monoisotopic (exact) mass is 290 g/mol. The van der Waals surface area contributed by atoms with Gasteiger partial charge < -0.3 is 24.1 Å². The highest BCUT2D eigenvalue weighted by atomic mass is 16.5. The summed E-state index contributed by atoms with van der Waals surface area (Å²) in [5, 5.41) is 9.33. The minimum absolute atomic E-state index is 0.0966. The van der Waals surface area contributed by atoms with Gasteiger partial charge in [-0.1, -0.05) is 18.2 Å². The van der Waals surface area contributed by atoms with Gasteiger partial charge in [-0.2, -0.15) is 0 Å². The third kappa shape index (κ3) is 3.20. The van der Waals surface area contributed by atoms with Gasteiger partial charge in [0.2, 0.25) is 5.75 Å². The summed E-state index contributed by atoms with van der Waals surface area (Å²) in [6, 6.07) is 10.7. The van der Waals surface area contributed by atoms with Crippen LogP contribution in [0.1, 0.15) is 5.56 Å². The molecule has 0 saturated heterocycles. The molecule has 0 saturated carbocycles. The molecule has 0 heterocycles. The average Bonchev–Trinajstić information content (AvgIpc) is 2.54. The van der Waals surface area contributed by atoms with Gasteiger partial charge in [0.05, 0.1) is 27.9 Å². The minimum atomic E-state index is -0.0966. The van der Waals surface area contributed by atoms with Crippen molar-refractivity contribution in [3.05, 3.63) is 42.0 Å². The van der Waals surface area contributed by atoms with Gasteiger partial charge >= 0.3 is 0 Å². The normalized spacial score (nSPS) is 10.1. The Morgan fingerprint density at radius 2 is 1.48 bits per heavy atom. The van der Waals surface area contributed by atoms with Crippen molar-refractivity contribution in [1.82, 2.24) is 0 Å². The first-order valence-electron chi connectivity index (χ1n) is 6.40. The van der Waals surface area contributed by atoms with Crippen LogP contribution in [0.25, 0.3) is 0 Å². The van der Waals surface area contributed by atoms with E-state index in [0.29, 0.717) is 34.3 Å². The van der Waals surface area contributed by atoms with Crippen molar-refractivity contribution in [1.29, 1.82) is 0 Å². The standard InChI is InChI=1S/C16H18O5/c1-18-14-8-12(9-15(19-2)16(14)20-3)21-13-7-5-4-6-11(13)10-17/h4-9,17H,10H2,1-3H3. The average molecular weight is 290 g/mol. The molecule has 0 aliphatic heterocycles. The molecule has 0 aromatic heterocycles. The molecule has 112 valence electrons. The van der Waals surface area contributed by atoms with Crippen LogP contribution >= 0.6 is 0 Å². The number of hydrogen-bond acceptors (Lipinski definition) is 5. The molecule has 0 aliphatic rings. The van der Waals surface area contributed by atoms with E-state index in [1.165, 1.54) is 0 Å². The van der Waals surface area contributed by atoms with Crippen LogP contribution in [0.4, 0.5) is 0 Å². The highest BCUT2D eigenvalue weighted by molar-refractivity contribution is 5.56. The molecular weight excluding hydrogens is 272 g/mol. The molecule has 0 radical (unpaired) electrons. The molecule has 0 fully saturated rings. The van der Waals surface area contributed by atoms with E-state index in [1.54, 1.807) is 45.6 Å². The number of benzene rings is 2. The first-order chi connectivity index (χ1) is 10.2. The fraction of sp³-hybridized carbons (Fsp3) is 0.250. The van der Waals surface area contributed by atoms with Gasteiger partial charge in [0, 0.05) is 17.7 Å². The van der Waals surface area contributed by atoms with E-state index in [0.717, 1.165) is 0 Å². The van der Waals surface area contributed by atoms with Crippen molar-refractivity contribution in [2.75, 3.05) is 21.3 Å². The second kappa shape index (κ2) is 6.85. The highest BCUT2D eigenvalue weighted by Gasteiger charge is 2.15. The number of hydrogen-bond donors (Lipinski definition) is 1. The van der Waals surface area contributed by atoms with Crippen LogP contribution < -0.4 is 18.9 Å². The predicted octanol–water partition coefficient (Wildman–Crippen LogP) is 3.00. The zero-order valence-electron chi connectivity index (χ0n) is 12.3. The van der Waals surface area contributed by atoms with E-state index >= 15 is 0 Å². The molecule has 2 rings (SSSR count). The molecule has 0 unspecified atom stereocenters. The van der Waals surface area contributed by atoms with Crippen molar-refractivity contribution in [3.63, 3.8) is 0 Å². The molecule has 5 nitrogen and oxygen atoms in total. The van der Waals surface area contributed by atoms with Crippen LogP contribution in [0.5, 0.6) is 28.7 Å². The molecule has 0 spiro atoms. The maximum atomic E-state index is 9.33. The van der Waals surface area contributed by atoms with Crippen molar-refractivity contribution >= 4 is 0 Å². The lowest BCUT2D eigenvalue weighted by molar-refractivity contribution is 0.276. The van der Waals surface area contributed by atoms with E-state index in [1.807, 2.05) is 12.1 Å². The molecule has 1 N–H and O–H groups in total. The number of methoxy groups -OCH3 is 3. The summed E-state index contributed by atoms with van der Waals surface area (Å²) in [5.41, 5.74) is 0.700. The van der Waals surface area contributed by atoms with Crippen LogP contribution in [-0.2, 0) is 6.61 Å². The first-order valence-corrected chi connectivity index (χ1v) is 6.40. The number of rotatable bonds is 6. The maximum absolute atomic E-state index is 9.33. The molecule has 5 heteroatoms. The molecule has 0 atom stereocenters. The summed E-state index contributed by atoms with van der Waals surface area (Å²) < 4.78 is 21.6. The lowest BCUT2D eigenvalue weighted by Gasteiger charge is -2.15. The van der Waals surface area contributed by atoms with Crippen LogP contribution in [0.2, 0.25) is 0 Å². The first kappa shape index (κ1) is 15.0. The largest absolute Gasteiger partial charge is 0.493 e. The second-order valence-electron chi connectivity index (χ2n) is 4.23. The molecule has 2 aromatic rings. The Morgan fingerprint density at radius 1 is 0.857 bits per heavy atom. The molecule has 0 amide bonds. The zero-order chi connectivity index (χ0) is 15.2. The Labute approximate surface area is 123 Å². The Balaban J connectivity index is 2.40. The van der Waals surface area contributed by atoms with Gasteiger partial charge in [0.25, 0.3) is 0 Å². The van der Waals surface area contributed by atoms with Crippen LogP contribution in [0.3, 0.4) is 0 Å². The number of aliphatic hydroxyl groups is 1. The lowest BCUT2D eigenvalue weighted by Crippen LogP contribution is -1.97. The van der Waals surface area contributed by atoms with Gasteiger partial charge in [0.1, 0.15) is 11.5 Å². The molecule has 0 aliphatic carbocycles. The predicted molar refractivity (Wildman–Crippen MR) is 78.5 cm³/mol. The summed E-state index contributed by atoms with van der Waals surface area (Å²) in [4.78, 5) is 0. The summed E-state index contributed by atoms with van der Waals surface area (Å²) >= 11 is 0. The Kier molecular flexibility index (Phi) is 4.90. The van der Waals surface area contributed by atoms with Crippen LogP contribution in [0.15, 0.2) is 36.4 Å². The van der Waals surface area contributed by atoms with E-state index in [9.17, 15) is 5.11 Å². The molecular formula is C16H18O5. The van der Waals surface area contributed by atoms with Gasteiger partial charge in [0.15, 0.2) is 11.5 Å². The molecule has 0 bridgehead atoms. The van der Waals surface area contributed by atoms with Crippen LogP contribution in [-0.4, -0.2) is 26.4 Å². The van der Waals surface area contributed by atoms with Gasteiger partial charge in [-0.25, -0.2) is 0 Å². The fourth-order valence-corrected chi connectivity index (χ4v) is 1.98. The topological polar surface area (TPSA) is 57.2 Å². The zero-order valence-corrected chi connectivity index (χ0v) is 12.3. The summed E-state index contributed by atoms with van der Waals surface area (Å²) in [7, 11) is 4.63. The van der Waals surface area contributed by atoms with Crippen molar-refractivity contribution in [2.45, 2.75) is 6.61 Å². The Morgan fingerprint density at radius 3 is 2.00 bits per heavy atom. The number of para-hydroxylation sites is 1. The lowest BCUT2D eigenvalue weighted by atomic mass is 10.2.